The molecule has 0 fully saturated rings. The van der Waals surface area contributed by atoms with E-state index >= 15 is 0 Å². The molecule has 0 aliphatic carbocycles. The number of carbonyl (C=O) groups excluding carboxylic acids is 3. The molecule has 0 radical (unpaired) electrons. The lowest BCUT2D eigenvalue weighted by Crippen LogP contribution is -2.30. The van der Waals surface area contributed by atoms with Gasteiger partial charge in [0, 0.05) is 19.3 Å². The van der Waals surface area contributed by atoms with Gasteiger partial charge in [0.2, 0.25) is 0 Å². The van der Waals surface area contributed by atoms with Crippen molar-refractivity contribution in [3.05, 3.63) is 97.2 Å². The normalized spacial score (nSPS) is 12.7. The summed E-state index contributed by atoms with van der Waals surface area (Å²) in [5, 5.41) is 0. The highest BCUT2D eigenvalue weighted by Crippen LogP contribution is 2.17. The number of hydrogen-bond acceptors (Lipinski definition) is 6. The standard InChI is InChI=1S/C75H130O6/c1-4-7-10-13-16-19-22-25-28-31-34-36-38-40-41-44-47-50-53-56-59-62-65-68-74(77)80-71-72(70-79-73(76)67-64-61-58-55-52-49-46-43-33-30-27-24-21-18-15-12-9-6-3)81-75(78)69-66-63-60-57-54-51-48-45-42-39-37-35-32-29-26-23-20-17-14-11-8-5-2/h7,10,16,19,25,28,30,33-34,36,40-41,47,50,56,59,72H,4-6,8-9,11-15,17-18,20-24,26-27,29,31-32,35,37-39,42-46,48-49,51-55,57-58,60-71H2,1-3H3/b10-7-,19-16-,28-25-,33-30-,36-34-,41-40-,50-47-,59-56-. The molecule has 0 saturated heterocycles. The lowest BCUT2D eigenvalue weighted by molar-refractivity contribution is -0.167. The van der Waals surface area contributed by atoms with Crippen LogP contribution in [0.1, 0.15) is 342 Å². The van der Waals surface area contributed by atoms with Gasteiger partial charge in [0.05, 0.1) is 0 Å². The molecule has 0 N–H and O–H groups in total. The van der Waals surface area contributed by atoms with E-state index in [4.69, 9.17) is 14.2 Å². The monoisotopic (exact) mass is 1130 g/mol. The zero-order valence-corrected chi connectivity index (χ0v) is 53.5. The number of esters is 3. The van der Waals surface area contributed by atoms with E-state index in [9.17, 15) is 14.4 Å². The van der Waals surface area contributed by atoms with Crippen molar-refractivity contribution in [1.29, 1.82) is 0 Å². The molecule has 0 amide bonds. The maximum atomic E-state index is 13.0. The zero-order valence-electron chi connectivity index (χ0n) is 53.5. The molecule has 0 aliphatic rings. The van der Waals surface area contributed by atoms with Crippen LogP contribution in [-0.4, -0.2) is 37.2 Å². The van der Waals surface area contributed by atoms with E-state index in [-0.39, 0.29) is 37.5 Å². The number of hydrogen-bond donors (Lipinski definition) is 0. The van der Waals surface area contributed by atoms with E-state index in [0.717, 1.165) is 89.9 Å². The van der Waals surface area contributed by atoms with Crippen molar-refractivity contribution in [3.63, 3.8) is 0 Å². The highest BCUT2D eigenvalue weighted by Gasteiger charge is 2.19. The molecule has 0 rings (SSSR count). The van der Waals surface area contributed by atoms with Crippen molar-refractivity contribution in [2.24, 2.45) is 0 Å². The Morgan fingerprint density at radius 1 is 0.259 bits per heavy atom. The maximum Gasteiger partial charge on any atom is 0.306 e. The van der Waals surface area contributed by atoms with Gasteiger partial charge in [-0.05, 0) is 96.3 Å². The van der Waals surface area contributed by atoms with Crippen molar-refractivity contribution in [2.45, 2.75) is 348 Å². The van der Waals surface area contributed by atoms with Gasteiger partial charge in [0.25, 0.3) is 0 Å². The Morgan fingerprint density at radius 2 is 0.494 bits per heavy atom. The lowest BCUT2D eigenvalue weighted by Gasteiger charge is -2.18. The van der Waals surface area contributed by atoms with Gasteiger partial charge in [-0.2, -0.15) is 0 Å². The van der Waals surface area contributed by atoms with Crippen LogP contribution in [0.2, 0.25) is 0 Å². The molecule has 6 heteroatoms. The zero-order chi connectivity index (χ0) is 58.5. The SMILES string of the molecule is CC/C=C\C/C=C\C/C=C\C/C=C\C/C=C\C/C=C\C/C=C\CCCC(=O)OCC(COC(=O)CCCCCCCCC/C=C\CCCCCCCCC)OC(=O)CCCCCCCCCCCCCCCCCCCCCCCC. The predicted octanol–water partition coefficient (Wildman–Crippen LogP) is 24.0. The summed E-state index contributed by atoms with van der Waals surface area (Å²) >= 11 is 0. The third kappa shape index (κ3) is 67.0. The summed E-state index contributed by atoms with van der Waals surface area (Å²) in [6, 6.07) is 0. The average Bonchev–Trinajstić information content (AvgIpc) is 3.47. The third-order valence-electron chi connectivity index (χ3n) is 15.1. The van der Waals surface area contributed by atoms with Gasteiger partial charge in [-0.1, -0.05) is 323 Å². The van der Waals surface area contributed by atoms with E-state index < -0.39 is 6.10 Å². The molecule has 0 spiro atoms. The van der Waals surface area contributed by atoms with Gasteiger partial charge in [-0.15, -0.1) is 0 Å². The Labute approximate surface area is 502 Å². The molecule has 1 atom stereocenters. The van der Waals surface area contributed by atoms with E-state index in [1.54, 1.807) is 0 Å². The highest BCUT2D eigenvalue weighted by molar-refractivity contribution is 5.71. The fraction of sp³-hybridized carbons (Fsp3) is 0.747. The van der Waals surface area contributed by atoms with Crippen molar-refractivity contribution in [2.75, 3.05) is 13.2 Å². The molecular weight excluding hydrogens is 997 g/mol. The number of ether oxygens (including phenoxy) is 3. The first-order valence-electron chi connectivity index (χ1n) is 34.7. The first-order chi connectivity index (χ1) is 40.0. The molecule has 1 unspecified atom stereocenters. The first-order valence-corrected chi connectivity index (χ1v) is 34.7. The van der Waals surface area contributed by atoms with Crippen LogP contribution < -0.4 is 0 Å². The van der Waals surface area contributed by atoms with Gasteiger partial charge in [-0.25, -0.2) is 0 Å². The minimum absolute atomic E-state index is 0.0952. The van der Waals surface area contributed by atoms with Gasteiger partial charge in [0.1, 0.15) is 13.2 Å². The van der Waals surface area contributed by atoms with Crippen LogP contribution >= 0.6 is 0 Å². The van der Waals surface area contributed by atoms with Crippen molar-refractivity contribution >= 4 is 17.9 Å². The average molecular weight is 1130 g/mol. The van der Waals surface area contributed by atoms with Gasteiger partial charge >= 0.3 is 17.9 Å². The Morgan fingerprint density at radius 3 is 0.815 bits per heavy atom. The van der Waals surface area contributed by atoms with Crippen molar-refractivity contribution in [1.82, 2.24) is 0 Å². The lowest BCUT2D eigenvalue weighted by atomic mass is 10.0. The second-order valence-electron chi connectivity index (χ2n) is 23.1. The molecule has 466 valence electrons. The largest absolute Gasteiger partial charge is 0.462 e. The molecule has 6 nitrogen and oxygen atoms in total. The van der Waals surface area contributed by atoms with Gasteiger partial charge in [-0.3, -0.25) is 14.4 Å². The number of allylic oxidation sites excluding steroid dienone is 16. The van der Waals surface area contributed by atoms with E-state index in [2.05, 4.69) is 118 Å². The van der Waals surface area contributed by atoms with E-state index in [1.807, 2.05) is 0 Å². The second kappa shape index (κ2) is 68.8. The molecule has 0 saturated carbocycles. The molecule has 0 aromatic rings. The van der Waals surface area contributed by atoms with Crippen LogP contribution in [-0.2, 0) is 28.6 Å². The molecule has 0 aromatic heterocycles. The predicted molar refractivity (Wildman–Crippen MR) is 353 cm³/mol. The molecule has 0 heterocycles. The number of unbranched alkanes of at least 4 members (excludes halogenated alkanes) is 36. The quantitative estimate of drug-likeness (QED) is 0.0261. The fourth-order valence-electron chi connectivity index (χ4n) is 9.90. The third-order valence-corrected chi connectivity index (χ3v) is 15.1. The van der Waals surface area contributed by atoms with Crippen LogP contribution in [0.5, 0.6) is 0 Å². The van der Waals surface area contributed by atoms with Crippen molar-refractivity contribution < 1.29 is 28.6 Å². The van der Waals surface area contributed by atoms with Gasteiger partial charge < -0.3 is 14.2 Å². The summed E-state index contributed by atoms with van der Waals surface area (Å²) < 4.78 is 16.9. The highest BCUT2D eigenvalue weighted by atomic mass is 16.6. The van der Waals surface area contributed by atoms with E-state index in [1.165, 1.54) is 205 Å². The minimum atomic E-state index is -0.804. The minimum Gasteiger partial charge on any atom is -0.462 e. The summed E-state index contributed by atoms with van der Waals surface area (Å²) in [4.78, 5) is 38.4. The summed E-state index contributed by atoms with van der Waals surface area (Å²) in [6.07, 6.45) is 92.9. The Kier molecular flexibility index (Phi) is 65.7. The van der Waals surface area contributed by atoms with Crippen LogP contribution in [0.4, 0.5) is 0 Å². The van der Waals surface area contributed by atoms with Crippen LogP contribution in [0, 0.1) is 0 Å². The van der Waals surface area contributed by atoms with Crippen LogP contribution in [0.25, 0.3) is 0 Å². The second-order valence-corrected chi connectivity index (χ2v) is 23.1. The number of carbonyl (C=O) groups is 3. The Balaban J connectivity index is 4.45. The summed E-state index contributed by atoms with van der Waals surface area (Å²) in [6.45, 7) is 6.52. The van der Waals surface area contributed by atoms with Crippen LogP contribution in [0.3, 0.4) is 0 Å². The van der Waals surface area contributed by atoms with Gasteiger partial charge in [0.15, 0.2) is 6.10 Å². The van der Waals surface area contributed by atoms with E-state index in [0.29, 0.717) is 19.3 Å². The first kappa shape index (κ1) is 77.3. The summed E-state index contributed by atoms with van der Waals surface area (Å²) in [7, 11) is 0. The smallest absolute Gasteiger partial charge is 0.306 e. The molecule has 0 aliphatic heterocycles. The topological polar surface area (TPSA) is 78.9 Å². The molecular formula is C75H130O6. The Bertz CT molecular complexity index is 1580. The summed E-state index contributed by atoms with van der Waals surface area (Å²) in [5.41, 5.74) is 0. The molecule has 0 aromatic carbocycles. The molecule has 81 heavy (non-hydrogen) atoms. The Hall–Kier alpha value is -3.67. The van der Waals surface area contributed by atoms with Crippen molar-refractivity contribution in [3.8, 4) is 0 Å². The summed E-state index contributed by atoms with van der Waals surface area (Å²) in [5.74, 6) is -0.944. The maximum absolute atomic E-state index is 13.0. The molecule has 0 bridgehead atoms. The van der Waals surface area contributed by atoms with Crippen LogP contribution in [0.15, 0.2) is 97.2 Å². The fourth-order valence-corrected chi connectivity index (χ4v) is 9.90. The number of rotatable bonds is 63.